The summed E-state index contributed by atoms with van der Waals surface area (Å²) in [7, 11) is 3.16. The Kier molecular flexibility index (Phi) is 5.26. The number of nitro benzene ring substituents is 2. The monoisotopic (exact) mass is 358 g/mol. The van der Waals surface area contributed by atoms with Gasteiger partial charge in [0.1, 0.15) is 0 Å². The minimum Gasteiger partial charge on any atom is -0.345 e. The van der Waals surface area contributed by atoms with E-state index in [2.05, 4.69) is 5.32 Å². The molecule has 0 aromatic heterocycles. The van der Waals surface area contributed by atoms with Gasteiger partial charge < -0.3 is 10.2 Å². The first-order valence-corrected chi connectivity index (χ1v) is 7.26. The van der Waals surface area contributed by atoms with Crippen LogP contribution in [0.3, 0.4) is 0 Å². The van der Waals surface area contributed by atoms with Gasteiger partial charge in [0.25, 0.3) is 23.2 Å². The lowest BCUT2D eigenvalue weighted by atomic mass is 10.1. The van der Waals surface area contributed by atoms with Crippen LogP contribution < -0.4 is 5.32 Å². The molecule has 0 radical (unpaired) electrons. The van der Waals surface area contributed by atoms with E-state index in [0.29, 0.717) is 5.56 Å². The van der Waals surface area contributed by atoms with Crippen molar-refractivity contribution >= 4 is 28.9 Å². The molecule has 0 aliphatic heterocycles. The maximum Gasteiger partial charge on any atom is 0.277 e. The van der Waals surface area contributed by atoms with Crippen molar-refractivity contribution < 1.29 is 19.4 Å². The molecule has 0 saturated carbocycles. The van der Waals surface area contributed by atoms with Crippen LogP contribution in [0.4, 0.5) is 17.1 Å². The molecule has 0 bridgehead atoms. The Morgan fingerprint density at radius 1 is 0.923 bits per heavy atom. The average Bonchev–Trinajstić information content (AvgIpc) is 2.60. The number of non-ortho nitro benzene ring substituents is 2. The Labute approximate surface area is 147 Å². The third-order valence-corrected chi connectivity index (χ3v) is 3.36. The lowest BCUT2D eigenvalue weighted by molar-refractivity contribution is -0.394. The molecule has 0 aliphatic carbocycles. The Bertz CT molecular complexity index is 877. The van der Waals surface area contributed by atoms with Crippen LogP contribution in [0, 0.1) is 20.2 Å². The summed E-state index contributed by atoms with van der Waals surface area (Å²) in [4.78, 5) is 45.8. The highest BCUT2D eigenvalue weighted by atomic mass is 16.6. The van der Waals surface area contributed by atoms with Crippen molar-refractivity contribution in [2.24, 2.45) is 0 Å². The van der Waals surface area contributed by atoms with Gasteiger partial charge in [-0.1, -0.05) is 6.07 Å². The van der Waals surface area contributed by atoms with Crippen LogP contribution in [0.15, 0.2) is 42.5 Å². The first-order valence-electron chi connectivity index (χ1n) is 7.26. The fourth-order valence-electron chi connectivity index (χ4n) is 2.13. The van der Waals surface area contributed by atoms with E-state index >= 15 is 0 Å². The minimum atomic E-state index is -0.819. The number of rotatable bonds is 5. The molecule has 0 saturated heterocycles. The predicted molar refractivity (Wildman–Crippen MR) is 92.2 cm³/mol. The SMILES string of the molecule is CN(C)C(=O)c1cccc(NC(=O)c2cc([N+](=O)[O-])cc([N+](=O)[O-])c2)c1. The van der Waals surface area contributed by atoms with E-state index in [1.165, 1.54) is 17.0 Å². The number of hydrogen-bond donors (Lipinski definition) is 1. The molecule has 2 rings (SSSR count). The van der Waals surface area contributed by atoms with E-state index in [4.69, 9.17) is 0 Å². The zero-order valence-corrected chi connectivity index (χ0v) is 13.8. The Balaban J connectivity index is 2.33. The van der Waals surface area contributed by atoms with Gasteiger partial charge in [0.2, 0.25) is 0 Å². The molecular weight excluding hydrogens is 344 g/mol. The molecule has 0 heterocycles. The van der Waals surface area contributed by atoms with E-state index in [1.54, 1.807) is 26.2 Å². The first kappa shape index (κ1) is 18.5. The number of hydrogen-bond acceptors (Lipinski definition) is 6. The second-order valence-corrected chi connectivity index (χ2v) is 5.49. The standard InChI is InChI=1S/C16H14N4O6/c1-18(2)16(22)10-4-3-5-12(6-10)17-15(21)11-7-13(19(23)24)9-14(8-11)20(25)26/h3-9H,1-2H3,(H,17,21). The molecule has 0 atom stereocenters. The molecule has 2 amide bonds. The fourth-order valence-corrected chi connectivity index (χ4v) is 2.13. The van der Waals surface area contributed by atoms with Crippen molar-refractivity contribution in [1.82, 2.24) is 4.90 Å². The highest BCUT2D eigenvalue weighted by molar-refractivity contribution is 6.05. The molecule has 0 spiro atoms. The fraction of sp³-hybridized carbons (Fsp3) is 0.125. The molecule has 1 N–H and O–H groups in total. The zero-order valence-electron chi connectivity index (χ0n) is 13.8. The first-order chi connectivity index (χ1) is 12.2. The van der Waals surface area contributed by atoms with E-state index in [9.17, 15) is 29.8 Å². The number of nitrogens with one attached hydrogen (secondary N) is 1. The third kappa shape index (κ3) is 4.17. The summed E-state index contributed by atoms with van der Waals surface area (Å²) >= 11 is 0. The number of carbonyl (C=O) groups excluding carboxylic acids is 2. The summed E-state index contributed by atoms with van der Waals surface area (Å²) in [6.45, 7) is 0. The van der Waals surface area contributed by atoms with Gasteiger partial charge in [-0.25, -0.2) is 0 Å². The van der Waals surface area contributed by atoms with E-state index < -0.39 is 27.1 Å². The maximum absolute atomic E-state index is 12.3. The molecular formula is C16H14N4O6. The molecule has 2 aromatic rings. The van der Waals surface area contributed by atoms with Gasteiger partial charge in [-0.05, 0) is 18.2 Å². The number of nitrogens with zero attached hydrogens (tertiary/aromatic N) is 3. The van der Waals surface area contributed by atoms with Crippen LogP contribution in [-0.2, 0) is 0 Å². The number of anilines is 1. The smallest absolute Gasteiger partial charge is 0.277 e. The van der Waals surface area contributed by atoms with Crippen molar-refractivity contribution in [2.75, 3.05) is 19.4 Å². The van der Waals surface area contributed by atoms with Crippen molar-refractivity contribution in [3.8, 4) is 0 Å². The highest BCUT2D eigenvalue weighted by Gasteiger charge is 2.20. The van der Waals surface area contributed by atoms with Gasteiger partial charge in [0.15, 0.2) is 0 Å². The normalized spacial score (nSPS) is 10.1. The molecule has 10 nitrogen and oxygen atoms in total. The van der Waals surface area contributed by atoms with E-state index in [0.717, 1.165) is 18.2 Å². The van der Waals surface area contributed by atoms with Crippen molar-refractivity contribution in [3.63, 3.8) is 0 Å². The predicted octanol–water partition coefficient (Wildman–Crippen LogP) is 2.46. The van der Waals surface area contributed by atoms with Gasteiger partial charge in [0, 0.05) is 37.5 Å². The van der Waals surface area contributed by atoms with Gasteiger partial charge in [-0.3, -0.25) is 29.8 Å². The van der Waals surface area contributed by atoms with E-state index in [1.807, 2.05) is 0 Å². The lowest BCUT2D eigenvalue weighted by Gasteiger charge is -2.11. The average molecular weight is 358 g/mol. The number of amides is 2. The summed E-state index contributed by atoms with van der Waals surface area (Å²) in [6.07, 6.45) is 0. The van der Waals surface area contributed by atoms with Crippen LogP contribution in [0.5, 0.6) is 0 Å². The molecule has 0 fully saturated rings. The second kappa shape index (κ2) is 7.38. The van der Waals surface area contributed by atoms with Crippen LogP contribution in [0.2, 0.25) is 0 Å². The van der Waals surface area contributed by atoms with Gasteiger partial charge in [-0.15, -0.1) is 0 Å². The number of nitro groups is 2. The molecule has 2 aromatic carbocycles. The molecule has 10 heteroatoms. The maximum atomic E-state index is 12.3. The summed E-state index contributed by atoms with van der Waals surface area (Å²) in [6, 6.07) is 8.74. The minimum absolute atomic E-state index is 0.241. The molecule has 134 valence electrons. The quantitative estimate of drug-likeness (QED) is 0.644. The van der Waals surface area contributed by atoms with Crippen LogP contribution in [0.1, 0.15) is 20.7 Å². The van der Waals surface area contributed by atoms with Gasteiger partial charge in [0.05, 0.1) is 21.5 Å². The van der Waals surface area contributed by atoms with Crippen LogP contribution in [0.25, 0.3) is 0 Å². The zero-order chi connectivity index (χ0) is 19.4. The van der Waals surface area contributed by atoms with Crippen molar-refractivity contribution in [1.29, 1.82) is 0 Å². The lowest BCUT2D eigenvalue weighted by Crippen LogP contribution is -2.22. The Morgan fingerprint density at radius 2 is 1.50 bits per heavy atom. The Morgan fingerprint density at radius 3 is 2.00 bits per heavy atom. The summed E-state index contributed by atoms with van der Waals surface area (Å²) in [5, 5.41) is 24.3. The second-order valence-electron chi connectivity index (χ2n) is 5.49. The molecule has 26 heavy (non-hydrogen) atoms. The highest BCUT2D eigenvalue weighted by Crippen LogP contribution is 2.23. The largest absolute Gasteiger partial charge is 0.345 e. The number of benzene rings is 2. The van der Waals surface area contributed by atoms with Crippen LogP contribution >= 0.6 is 0 Å². The van der Waals surface area contributed by atoms with Crippen molar-refractivity contribution in [2.45, 2.75) is 0 Å². The summed E-state index contributed by atoms with van der Waals surface area (Å²) in [5.41, 5.74) is -0.772. The molecule has 0 aliphatic rings. The van der Waals surface area contributed by atoms with E-state index in [-0.39, 0.29) is 17.2 Å². The van der Waals surface area contributed by atoms with Gasteiger partial charge >= 0.3 is 0 Å². The Hall–Kier alpha value is -3.82. The summed E-state index contributed by atoms with van der Waals surface area (Å²) < 4.78 is 0. The van der Waals surface area contributed by atoms with Crippen LogP contribution in [-0.4, -0.2) is 40.7 Å². The summed E-state index contributed by atoms with van der Waals surface area (Å²) in [5.74, 6) is -1.04. The topological polar surface area (TPSA) is 136 Å². The third-order valence-electron chi connectivity index (χ3n) is 3.36. The van der Waals surface area contributed by atoms with Crippen molar-refractivity contribution in [3.05, 3.63) is 73.8 Å². The molecule has 0 unspecified atom stereocenters. The number of carbonyl (C=O) groups is 2. The van der Waals surface area contributed by atoms with Gasteiger partial charge in [-0.2, -0.15) is 0 Å².